The maximum atomic E-state index is 13.4. The molecule has 0 bridgehead atoms. The summed E-state index contributed by atoms with van der Waals surface area (Å²) in [6.45, 7) is 3.51. The lowest BCUT2D eigenvalue weighted by molar-refractivity contribution is -0.114. The number of hydrogen-bond acceptors (Lipinski definition) is 6. The molecule has 8 nitrogen and oxygen atoms in total. The van der Waals surface area contributed by atoms with Crippen LogP contribution >= 0.6 is 0 Å². The van der Waals surface area contributed by atoms with Gasteiger partial charge in [0.1, 0.15) is 12.3 Å². The number of nitrogens with one attached hydrogen (secondary N) is 1. The molecule has 178 valence electrons. The van der Waals surface area contributed by atoms with Crippen LogP contribution in [-0.2, 0) is 19.6 Å². The Morgan fingerprint density at radius 3 is 2.24 bits per heavy atom. The smallest absolute Gasteiger partial charge is 0.338 e. The molecular weight excluding hydrogens is 456 g/mol. The summed E-state index contributed by atoms with van der Waals surface area (Å²) in [5.41, 5.74) is 1.51. The Kier molecular flexibility index (Phi) is 7.91. The van der Waals surface area contributed by atoms with E-state index in [1.54, 1.807) is 67.6 Å². The summed E-state index contributed by atoms with van der Waals surface area (Å²) < 4.78 is 38.1. The molecular formula is C25H26N2O6S. The van der Waals surface area contributed by atoms with Gasteiger partial charge in [0.05, 0.1) is 29.9 Å². The molecule has 0 aliphatic carbocycles. The highest BCUT2D eigenvalue weighted by Crippen LogP contribution is 2.26. The van der Waals surface area contributed by atoms with E-state index >= 15 is 0 Å². The third-order valence-electron chi connectivity index (χ3n) is 5.07. The lowest BCUT2D eigenvalue weighted by Crippen LogP contribution is -2.38. The second-order valence-corrected chi connectivity index (χ2v) is 9.13. The third kappa shape index (κ3) is 5.55. The predicted octanol–water partition coefficient (Wildman–Crippen LogP) is 4.01. The zero-order valence-corrected chi connectivity index (χ0v) is 20.0. The van der Waals surface area contributed by atoms with Crippen LogP contribution in [0.15, 0.2) is 77.7 Å². The van der Waals surface area contributed by atoms with Crippen LogP contribution in [0.5, 0.6) is 5.75 Å². The van der Waals surface area contributed by atoms with E-state index in [2.05, 4.69) is 5.32 Å². The molecule has 0 fully saturated rings. The Labute approximate surface area is 199 Å². The highest BCUT2D eigenvalue weighted by molar-refractivity contribution is 7.92. The molecule has 0 saturated carbocycles. The summed E-state index contributed by atoms with van der Waals surface area (Å²) in [7, 11) is -2.77. The zero-order valence-electron chi connectivity index (χ0n) is 19.1. The maximum Gasteiger partial charge on any atom is 0.338 e. The van der Waals surface area contributed by atoms with E-state index in [0.29, 0.717) is 34.9 Å². The Balaban J connectivity index is 1.93. The number of amides is 1. The van der Waals surface area contributed by atoms with Crippen molar-refractivity contribution in [3.05, 3.63) is 83.9 Å². The second kappa shape index (κ2) is 10.8. The first-order chi connectivity index (χ1) is 16.3. The fraction of sp³-hybridized carbons (Fsp3) is 0.200. The number of rotatable bonds is 9. The van der Waals surface area contributed by atoms with Gasteiger partial charge >= 0.3 is 5.97 Å². The SMILES string of the molecule is CCOc1ccc(N(CC(=O)Nc2cccc(C(=O)OC)c2C)S(=O)(=O)c2ccccc2)cc1. The van der Waals surface area contributed by atoms with Crippen molar-refractivity contribution in [1.29, 1.82) is 0 Å². The quantitative estimate of drug-likeness (QED) is 0.462. The van der Waals surface area contributed by atoms with Crippen LogP contribution in [-0.4, -0.2) is 40.6 Å². The highest BCUT2D eigenvalue weighted by Gasteiger charge is 2.27. The van der Waals surface area contributed by atoms with Crippen molar-refractivity contribution in [1.82, 2.24) is 0 Å². The first-order valence-corrected chi connectivity index (χ1v) is 12.0. The summed E-state index contributed by atoms with van der Waals surface area (Å²) in [5.74, 6) is -0.516. The number of carbonyl (C=O) groups excluding carboxylic acids is 2. The van der Waals surface area contributed by atoms with Gasteiger partial charge in [0.25, 0.3) is 10.0 Å². The van der Waals surface area contributed by atoms with Gasteiger partial charge in [-0.1, -0.05) is 24.3 Å². The molecule has 0 aliphatic heterocycles. The van der Waals surface area contributed by atoms with E-state index < -0.39 is 28.4 Å². The van der Waals surface area contributed by atoms with Crippen molar-refractivity contribution in [2.45, 2.75) is 18.7 Å². The Morgan fingerprint density at radius 2 is 1.62 bits per heavy atom. The third-order valence-corrected chi connectivity index (χ3v) is 6.86. The van der Waals surface area contributed by atoms with Gasteiger partial charge in [0.15, 0.2) is 0 Å². The molecule has 0 atom stereocenters. The zero-order chi connectivity index (χ0) is 24.7. The number of anilines is 2. The fourth-order valence-electron chi connectivity index (χ4n) is 3.33. The summed E-state index contributed by atoms with van der Waals surface area (Å²) in [6, 6.07) is 19.2. The lowest BCUT2D eigenvalue weighted by atomic mass is 10.1. The van der Waals surface area contributed by atoms with Crippen LogP contribution in [0.2, 0.25) is 0 Å². The molecule has 3 aromatic rings. The molecule has 0 radical (unpaired) electrons. The fourth-order valence-corrected chi connectivity index (χ4v) is 4.77. The number of sulfonamides is 1. The van der Waals surface area contributed by atoms with Gasteiger partial charge in [-0.3, -0.25) is 9.10 Å². The van der Waals surface area contributed by atoms with Gasteiger partial charge in [0.2, 0.25) is 5.91 Å². The van der Waals surface area contributed by atoms with Gasteiger partial charge in [-0.05, 0) is 67.9 Å². The minimum Gasteiger partial charge on any atom is -0.494 e. The molecule has 9 heteroatoms. The summed E-state index contributed by atoms with van der Waals surface area (Å²) in [6.07, 6.45) is 0. The number of esters is 1. The van der Waals surface area contributed by atoms with Crippen LogP contribution in [0, 0.1) is 6.92 Å². The predicted molar refractivity (Wildman–Crippen MR) is 130 cm³/mol. The number of hydrogen-bond donors (Lipinski definition) is 1. The molecule has 1 N–H and O–H groups in total. The molecule has 3 aromatic carbocycles. The van der Waals surface area contributed by atoms with Crippen molar-refractivity contribution in [2.24, 2.45) is 0 Å². The van der Waals surface area contributed by atoms with Crippen molar-refractivity contribution in [3.63, 3.8) is 0 Å². The number of ether oxygens (including phenoxy) is 2. The average molecular weight is 483 g/mol. The van der Waals surface area contributed by atoms with Crippen LogP contribution in [0.25, 0.3) is 0 Å². The van der Waals surface area contributed by atoms with E-state index in [9.17, 15) is 18.0 Å². The van der Waals surface area contributed by atoms with E-state index in [4.69, 9.17) is 9.47 Å². The first kappa shape index (κ1) is 24.8. The Hall–Kier alpha value is -3.85. The molecule has 0 unspecified atom stereocenters. The van der Waals surface area contributed by atoms with Crippen LogP contribution in [0.3, 0.4) is 0 Å². The van der Waals surface area contributed by atoms with E-state index in [0.717, 1.165) is 4.31 Å². The average Bonchev–Trinajstić information content (AvgIpc) is 2.84. The van der Waals surface area contributed by atoms with Gasteiger partial charge in [-0.2, -0.15) is 0 Å². The monoisotopic (exact) mass is 482 g/mol. The van der Waals surface area contributed by atoms with Gasteiger partial charge in [-0.15, -0.1) is 0 Å². The summed E-state index contributed by atoms with van der Waals surface area (Å²) >= 11 is 0. The first-order valence-electron chi connectivity index (χ1n) is 10.6. The number of benzene rings is 3. The van der Waals surface area contributed by atoms with Gasteiger partial charge in [-0.25, -0.2) is 13.2 Å². The Morgan fingerprint density at radius 1 is 0.941 bits per heavy atom. The highest BCUT2D eigenvalue weighted by atomic mass is 32.2. The number of carbonyl (C=O) groups is 2. The van der Waals surface area contributed by atoms with E-state index in [-0.39, 0.29) is 4.90 Å². The summed E-state index contributed by atoms with van der Waals surface area (Å²) in [5, 5.41) is 2.71. The van der Waals surface area contributed by atoms with E-state index in [1.165, 1.54) is 19.2 Å². The molecule has 1 amide bonds. The minimum absolute atomic E-state index is 0.0561. The molecule has 0 aromatic heterocycles. The van der Waals surface area contributed by atoms with Crippen molar-refractivity contribution >= 4 is 33.3 Å². The number of methoxy groups -OCH3 is 1. The van der Waals surface area contributed by atoms with Gasteiger partial charge < -0.3 is 14.8 Å². The van der Waals surface area contributed by atoms with Crippen LogP contribution < -0.4 is 14.4 Å². The topological polar surface area (TPSA) is 102 Å². The second-order valence-electron chi connectivity index (χ2n) is 7.27. The standard InChI is InChI=1S/C25H26N2O6S/c1-4-33-20-15-13-19(14-16-20)27(34(30,31)21-9-6-5-7-10-21)17-24(28)26-23-12-8-11-22(18(23)2)25(29)32-3/h5-16H,4,17H2,1-3H3,(H,26,28). The Bertz CT molecular complexity index is 1260. The van der Waals surface area contributed by atoms with E-state index in [1.807, 2.05) is 6.92 Å². The van der Waals surface area contributed by atoms with Crippen LogP contribution in [0.1, 0.15) is 22.8 Å². The molecule has 0 heterocycles. The molecule has 0 spiro atoms. The van der Waals surface area contributed by atoms with Crippen molar-refractivity contribution in [3.8, 4) is 5.75 Å². The summed E-state index contributed by atoms with van der Waals surface area (Å²) in [4.78, 5) is 25.0. The lowest BCUT2D eigenvalue weighted by Gasteiger charge is -2.24. The largest absolute Gasteiger partial charge is 0.494 e. The minimum atomic E-state index is -4.04. The normalized spacial score (nSPS) is 10.9. The maximum absolute atomic E-state index is 13.4. The van der Waals surface area contributed by atoms with Crippen molar-refractivity contribution in [2.75, 3.05) is 29.9 Å². The number of nitrogens with zero attached hydrogens (tertiary/aromatic N) is 1. The van der Waals surface area contributed by atoms with Crippen LogP contribution in [0.4, 0.5) is 11.4 Å². The van der Waals surface area contributed by atoms with Gasteiger partial charge in [0, 0.05) is 5.69 Å². The molecule has 0 saturated heterocycles. The molecule has 34 heavy (non-hydrogen) atoms. The molecule has 0 aliphatic rings. The molecule has 3 rings (SSSR count). The van der Waals surface area contributed by atoms with Crippen molar-refractivity contribution < 1.29 is 27.5 Å².